The number of carbonyl (C=O) groups is 1. The van der Waals surface area contributed by atoms with Crippen molar-refractivity contribution in [2.24, 2.45) is 5.92 Å². The van der Waals surface area contributed by atoms with E-state index in [0.29, 0.717) is 24.0 Å². The maximum atomic E-state index is 10.8. The second-order valence-electron chi connectivity index (χ2n) is 5.42. The van der Waals surface area contributed by atoms with Crippen LogP contribution in [0.4, 0.5) is 0 Å². The highest BCUT2D eigenvalue weighted by molar-refractivity contribution is 5.87. The first kappa shape index (κ1) is 14.8. The van der Waals surface area contributed by atoms with Crippen molar-refractivity contribution in [3.8, 4) is 0 Å². The van der Waals surface area contributed by atoms with Gasteiger partial charge in [-0.25, -0.2) is 4.79 Å². The number of carboxylic acid groups (broad SMARTS) is 1. The van der Waals surface area contributed by atoms with Gasteiger partial charge >= 0.3 is 5.97 Å². The fourth-order valence-electron chi connectivity index (χ4n) is 2.89. The standard InChI is InChI=1S/C17H22O3/c1-20-12-2-3-13-4-6-14(7-5-13)15-8-10-16(11-9-15)17(18)19/h2-3,8-11,13-14H,4-7,12H2,1H3,(H,18,19)/b3-2+/t13-,14-. The molecule has 0 unspecified atom stereocenters. The van der Waals surface area contributed by atoms with Gasteiger partial charge in [0.1, 0.15) is 0 Å². The van der Waals surface area contributed by atoms with Crippen LogP contribution in [0.2, 0.25) is 0 Å². The molecule has 1 aromatic rings. The third-order valence-corrected chi connectivity index (χ3v) is 4.07. The second-order valence-corrected chi connectivity index (χ2v) is 5.42. The molecule has 1 fully saturated rings. The molecule has 108 valence electrons. The number of ether oxygens (including phenoxy) is 1. The molecule has 0 heterocycles. The summed E-state index contributed by atoms with van der Waals surface area (Å²) in [4.78, 5) is 10.8. The number of methoxy groups -OCH3 is 1. The quantitative estimate of drug-likeness (QED) is 0.829. The van der Waals surface area contributed by atoms with Crippen LogP contribution in [-0.2, 0) is 4.74 Å². The Kier molecular flexibility index (Phi) is 5.36. The van der Waals surface area contributed by atoms with Gasteiger partial charge in [-0.15, -0.1) is 0 Å². The predicted octanol–water partition coefficient (Wildman–Crippen LogP) is 3.86. The highest BCUT2D eigenvalue weighted by atomic mass is 16.5. The van der Waals surface area contributed by atoms with Crippen molar-refractivity contribution in [2.45, 2.75) is 31.6 Å². The summed E-state index contributed by atoms with van der Waals surface area (Å²) in [6.45, 7) is 0.691. The van der Waals surface area contributed by atoms with Crippen molar-refractivity contribution in [3.05, 3.63) is 47.5 Å². The zero-order chi connectivity index (χ0) is 14.4. The van der Waals surface area contributed by atoms with E-state index >= 15 is 0 Å². The summed E-state index contributed by atoms with van der Waals surface area (Å²) in [6.07, 6.45) is 9.12. The van der Waals surface area contributed by atoms with Crippen LogP contribution in [0, 0.1) is 5.92 Å². The largest absolute Gasteiger partial charge is 0.478 e. The molecular formula is C17H22O3. The lowest BCUT2D eigenvalue weighted by Gasteiger charge is -2.27. The molecule has 20 heavy (non-hydrogen) atoms. The minimum absolute atomic E-state index is 0.366. The summed E-state index contributed by atoms with van der Waals surface area (Å²) in [7, 11) is 1.71. The highest BCUT2D eigenvalue weighted by Crippen LogP contribution is 2.36. The number of aromatic carboxylic acids is 1. The number of allylic oxidation sites excluding steroid dienone is 1. The van der Waals surface area contributed by atoms with Crippen molar-refractivity contribution in [1.82, 2.24) is 0 Å². The maximum Gasteiger partial charge on any atom is 0.335 e. The van der Waals surface area contributed by atoms with Gasteiger partial charge in [0, 0.05) is 7.11 Å². The van der Waals surface area contributed by atoms with Crippen LogP contribution in [0.5, 0.6) is 0 Å². The molecule has 0 amide bonds. The van der Waals surface area contributed by atoms with Gasteiger partial charge < -0.3 is 9.84 Å². The lowest BCUT2D eigenvalue weighted by Crippen LogP contribution is -2.12. The number of hydrogen-bond donors (Lipinski definition) is 1. The van der Waals surface area contributed by atoms with Crippen molar-refractivity contribution >= 4 is 5.97 Å². The van der Waals surface area contributed by atoms with Crippen LogP contribution in [0.1, 0.15) is 47.5 Å². The lowest BCUT2D eigenvalue weighted by molar-refractivity contribution is 0.0697. The molecule has 0 bridgehead atoms. The van der Waals surface area contributed by atoms with E-state index in [4.69, 9.17) is 9.84 Å². The van der Waals surface area contributed by atoms with Gasteiger partial charge in [0.25, 0.3) is 0 Å². The Morgan fingerprint density at radius 3 is 2.45 bits per heavy atom. The highest BCUT2D eigenvalue weighted by Gasteiger charge is 2.20. The van der Waals surface area contributed by atoms with E-state index in [1.165, 1.54) is 31.2 Å². The number of hydrogen-bond acceptors (Lipinski definition) is 2. The van der Waals surface area contributed by atoms with E-state index < -0.39 is 5.97 Å². The molecule has 1 aliphatic rings. The Labute approximate surface area is 120 Å². The summed E-state index contributed by atoms with van der Waals surface area (Å²) in [5.74, 6) is 0.383. The van der Waals surface area contributed by atoms with E-state index in [2.05, 4.69) is 12.2 Å². The average Bonchev–Trinajstić information content (AvgIpc) is 2.48. The topological polar surface area (TPSA) is 46.5 Å². The Morgan fingerprint density at radius 2 is 1.90 bits per heavy atom. The molecule has 0 radical (unpaired) electrons. The van der Waals surface area contributed by atoms with Crippen molar-refractivity contribution < 1.29 is 14.6 Å². The van der Waals surface area contributed by atoms with Crippen LogP contribution in [0.25, 0.3) is 0 Å². The van der Waals surface area contributed by atoms with Crippen molar-refractivity contribution in [3.63, 3.8) is 0 Å². The van der Waals surface area contributed by atoms with Gasteiger partial charge in [0.2, 0.25) is 0 Å². The molecular weight excluding hydrogens is 252 g/mol. The maximum absolute atomic E-state index is 10.8. The van der Waals surface area contributed by atoms with E-state index in [-0.39, 0.29) is 0 Å². The number of rotatable bonds is 5. The van der Waals surface area contributed by atoms with Gasteiger partial charge in [-0.3, -0.25) is 0 Å². The van der Waals surface area contributed by atoms with E-state index in [1.54, 1.807) is 19.2 Å². The zero-order valence-corrected chi connectivity index (χ0v) is 11.9. The summed E-state index contributed by atoms with van der Waals surface area (Å²) in [6, 6.07) is 7.36. The Bertz CT molecular complexity index is 454. The second kappa shape index (κ2) is 7.25. The predicted molar refractivity (Wildman–Crippen MR) is 79.1 cm³/mol. The molecule has 3 heteroatoms. The average molecular weight is 274 g/mol. The van der Waals surface area contributed by atoms with E-state index in [1.807, 2.05) is 12.1 Å². The minimum Gasteiger partial charge on any atom is -0.478 e. The molecule has 1 aromatic carbocycles. The van der Waals surface area contributed by atoms with Crippen LogP contribution in [0.15, 0.2) is 36.4 Å². The molecule has 1 N–H and O–H groups in total. The smallest absolute Gasteiger partial charge is 0.335 e. The first-order valence-corrected chi connectivity index (χ1v) is 7.19. The van der Waals surface area contributed by atoms with E-state index in [0.717, 1.165) is 0 Å². The number of benzene rings is 1. The Hall–Kier alpha value is -1.61. The summed E-state index contributed by atoms with van der Waals surface area (Å²) >= 11 is 0. The van der Waals surface area contributed by atoms with Crippen LogP contribution in [0.3, 0.4) is 0 Å². The molecule has 0 aliphatic heterocycles. The van der Waals surface area contributed by atoms with Gasteiger partial charge in [0.05, 0.1) is 12.2 Å². The normalized spacial score (nSPS) is 23.1. The Balaban J connectivity index is 1.88. The third-order valence-electron chi connectivity index (χ3n) is 4.07. The fraction of sp³-hybridized carbons (Fsp3) is 0.471. The number of carboxylic acids is 1. The van der Waals surface area contributed by atoms with E-state index in [9.17, 15) is 4.79 Å². The molecule has 0 atom stereocenters. The van der Waals surface area contributed by atoms with Gasteiger partial charge in [-0.2, -0.15) is 0 Å². The summed E-state index contributed by atoms with van der Waals surface area (Å²) < 4.78 is 5.02. The molecule has 2 rings (SSSR count). The molecule has 0 saturated heterocycles. The lowest BCUT2D eigenvalue weighted by atomic mass is 9.78. The molecule has 0 spiro atoms. The third kappa shape index (κ3) is 3.94. The molecule has 0 aromatic heterocycles. The summed E-state index contributed by atoms with van der Waals surface area (Å²) in [5, 5.41) is 8.91. The fourth-order valence-corrected chi connectivity index (χ4v) is 2.89. The first-order valence-electron chi connectivity index (χ1n) is 7.19. The first-order chi connectivity index (χ1) is 9.70. The molecule has 1 saturated carbocycles. The molecule has 1 aliphatic carbocycles. The zero-order valence-electron chi connectivity index (χ0n) is 11.9. The van der Waals surface area contributed by atoms with Gasteiger partial charge in [0.15, 0.2) is 0 Å². The Morgan fingerprint density at radius 1 is 1.25 bits per heavy atom. The van der Waals surface area contributed by atoms with Crippen LogP contribution < -0.4 is 0 Å². The minimum atomic E-state index is -0.858. The van der Waals surface area contributed by atoms with Crippen molar-refractivity contribution in [2.75, 3.05) is 13.7 Å². The van der Waals surface area contributed by atoms with Gasteiger partial charge in [-0.05, 0) is 55.2 Å². The van der Waals surface area contributed by atoms with Crippen LogP contribution in [-0.4, -0.2) is 24.8 Å². The van der Waals surface area contributed by atoms with Crippen molar-refractivity contribution in [1.29, 1.82) is 0 Å². The SMILES string of the molecule is COC/C=C/[C@H]1CC[C@H](c2ccc(C(=O)O)cc2)CC1. The van der Waals surface area contributed by atoms with Gasteiger partial charge in [-0.1, -0.05) is 24.3 Å². The van der Waals surface area contributed by atoms with Crippen LogP contribution >= 0.6 is 0 Å². The molecule has 3 nitrogen and oxygen atoms in total. The summed E-state index contributed by atoms with van der Waals surface area (Å²) in [5.41, 5.74) is 1.64. The monoisotopic (exact) mass is 274 g/mol.